The van der Waals surface area contributed by atoms with Gasteiger partial charge in [-0.05, 0) is 18.1 Å². The van der Waals surface area contributed by atoms with Crippen LogP contribution in [-0.4, -0.2) is 0 Å². The van der Waals surface area contributed by atoms with E-state index in [-0.39, 0.29) is 0 Å². The van der Waals surface area contributed by atoms with Crippen molar-refractivity contribution in [2.24, 2.45) is 5.92 Å². The Kier molecular flexibility index (Phi) is 5.70. The lowest BCUT2D eigenvalue weighted by Gasteiger charge is -2.15. The molecule has 0 aliphatic heterocycles. The van der Waals surface area contributed by atoms with Crippen LogP contribution >= 0.6 is 11.6 Å². The van der Waals surface area contributed by atoms with Crippen LogP contribution in [0.25, 0.3) is 0 Å². The van der Waals surface area contributed by atoms with Crippen molar-refractivity contribution >= 4 is 11.6 Å². The molecule has 1 saturated carbocycles. The molecule has 1 aromatic rings. The maximum absolute atomic E-state index is 5.54. The summed E-state index contributed by atoms with van der Waals surface area (Å²) in [6.45, 7) is 2.36. The van der Waals surface area contributed by atoms with Crippen molar-refractivity contribution in [3.8, 4) is 0 Å². The predicted molar refractivity (Wildman–Crippen MR) is 63.7 cm³/mol. The summed E-state index contributed by atoms with van der Waals surface area (Å²) in [5.74, 6) is 1.04. The van der Waals surface area contributed by atoms with Crippen LogP contribution in [0.4, 0.5) is 0 Å². The summed E-state index contributed by atoms with van der Waals surface area (Å²) in [5, 5.41) is 0.794. The first-order chi connectivity index (χ1) is 6.79. The molecular formula is C13H19Cl. The molecule has 0 nitrogen and oxygen atoms in total. The highest BCUT2D eigenvalue weighted by Crippen LogP contribution is 2.22. The summed E-state index contributed by atoms with van der Waals surface area (Å²) in [4.78, 5) is 0. The van der Waals surface area contributed by atoms with Crippen molar-refractivity contribution < 1.29 is 0 Å². The predicted octanol–water partition coefficient (Wildman–Crippen LogP) is 4.93. The van der Waals surface area contributed by atoms with Crippen molar-refractivity contribution in [1.82, 2.24) is 0 Å². The second-order valence-corrected chi connectivity index (χ2v) is 4.48. The zero-order valence-corrected chi connectivity index (χ0v) is 9.63. The first-order valence-electron chi connectivity index (χ1n) is 5.49. The van der Waals surface area contributed by atoms with E-state index in [0.717, 1.165) is 10.9 Å². The average Bonchev–Trinajstić information content (AvgIpc) is 2.21. The lowest BCUT2D eigenvalue weighted by atomic mass is 9.91. The van der Waals surface area contributed by atoms with Crippen molar-refractivity contribution in [2.75, 3.05) is 0 Å². The van der Waals surface area contributed by atoms with Gasteiger partial charge in [0.05, 0.1) is 0 Å². The minimum absolute atomic E-state index is 0.794. The Bertz CT molecular complexity index is 224. The minimum atomic E-state index is 0.794. The maximum Gasteiger partial charge on any atom is 0.0405 e. The van der Waals surface area contributed by atoms with Crippen LogP contribution in [0.3, 0.4) is 0 Å². The molecule has 2 rings (SSSR count). The normalized spacial score (nSPS) is 17.0. The second-order valence-electron chi connectivity index (χ2n) is 4.04. The van der Waals surface area contributed by atoms with Crippen molar-refractivity contribution in [2.45, 2.75) is 39.0 Å². The van der Waals surface area contributed by atoms with Crippen LogP contribution in [0.2, 0.25) is 5.02 Å². The van der Waals surface area contributed by atoms with Crippen LogP contribution in [0, 0.1) is 5.92 Å². The van der Waals surface area contributed by atoms with Crippen LogP contribution < -0.4 is 0 Å². The van der Waals surface area contributed by atoms with Crippen LogP contribution in [0.5, 0.6) is 0 Å². The third-order valence-electron chi connectivity index (χ3n) is 2.63. The molecule has 0 aromatic heterocycles. The van der Waals surface area contributed by atoms with E-state index >= 15 is 0 Å². The SMILES string of the molecule is CC1CCCCC1.Clc1ccccc1. The van der Waals surface area contributed by atoms with Crippen LogP contribution in [0.1, 0.15) is 39.0 Å². The molecule has 0 N–H and O–H groups in total. The molecular weight excluding hydrogens is 192 g/mol. The Labute approximate surface area is 92.3 Å². The smallest absolute Gasteiger partial charge is 0.0405 e. The van der Waals surface area contributed by atoms with Crippen molar-refractivity contribution in [3.05, 3.63) is 35.4 Å². The molecule has 0 bridgehead atoms. The molecule has 0 atom stereocenters. The van der Waals surface area contributed by atoms with E-state index < -0.39 is 0 Å². The van der Waals surface area contributed by atoms with Crippen LogP contribution in [0.15, 0.2) is 30.3 Å². The molecule has 0 saturated heterocycles. The highest BCUT2D eigenvalue weighted by atomic mass is 35.5. The fourth-order valence-electron chi connectivity index (χ4n) is 1.72. The van der Waals surface area contributed by atoms with E-state index in [4.69, 9.17) is 11.6 Å². The Hall–Kier alpha value is -0.490. The van der Waals surface area contributed by atoms with Gasteiger partial charge in [0, 0.05) is 5.02 Å². The van der Waals surface area contributed by atoms with Gasteiger partial charge in [0.1, 0.15) is 0 Å². The minimum Gasteiger partial charge on any atom is -0.0843 e. The molecule has 1 aliphatic rings. The van der Waals surface area contributed by atoms with Gasteiger partial charge in [0.25, 0.3) is 0 Å². The summed E-state index contributed by atoms with van der Waals surface area (Å²) >= 11 is 5.54. The van der Waals surface area contributed by atoms with E-state index in [1.54, 1.807) is 0 Å². The quantitative estimate of drug-likeness (QED) is 0.570. The molecule has 1 fully saturated rings. The Morgan fingerprint density at radius 3 is 1.86 bits per heavy atom. The molecule has 0 heterocycles. The third-order valence-corrected chi connectivity index (χ3v) is 2.88. The molecule has 0 unspecified atom stereocenters. The van der Waals surface area contributed by atoms with Gasteiger partial charge in [0.15, 0.2) is 0 Å². The monoisotopic (exact) mass is 210 g/mol. The van der Waals surface area contributed by atoms with Gasteiger partial charge in [0.2, 0.25) is 0 Å². The van der Waals surface area contributed by atoms with Crippen molar-refractivity contribution in [1.29, 1.82) is 0 Å². The maximum atomic E-state index is 5.54. The van der Waals surface area contributed by atoms with Gasteiger partial charge in [-0.3, -0.25) is 0 Å². The van der Waals surface area contributed by atoms with Gasteiger partial charge >= 0.3 is 0 Å². The summed E-state index contributed by atoms with van der Waals surface area (Å²) in [6.07, 6.45) is 7.44. The fourth-order valence-corrected chi connectivity index (χ4v) is 1.87. The molecule has 78 valence electrons. The Morgan fingerprint density at radius 2 is 1.57 bits per heavy atom. The van der Waals surface area contributed by atoms with E-state index in [2.05, 4.69) is 6.92 Å². The second kappa shape index (κ2) is 6.89. The number of hydrogen-bond acceptors (Lipinski definition) is 0. The standard InChI is InChI=1S/C7H14.C6H5Cl/c1-7-5-3-2-4-6-7;7-6-4-2-1-3-5-6/h7H,2-6H2,1H3;1-5H. The number of benzene rings is 1. The van der Waals surface area contributed by atoms with E-state index in [1.807, 2.05) is 30.3 Å². The highest BCUT2D eigenvalue weighted by Gasteiger charge is 2.05. The Morgan fingerprint density at radius 1 is 1.00 bits per heavy atom. The summed E-state index contributed by atoms with van der Waals surface area (Å²) in [6, 6.07) is 9.44. The van der Waals surface area contributed by atoms with E-state index in [0.29, 0.717) is 0 Å². The molecule has 0 amide bonds. The topological polar surface area (TPSA) is 0 Å². The van der Waals surface area contributed by atoms with Crippen molar-refractivity contribution in [3.63, 3.8) is 0 Å². The molecule has 0 radical (unpaired) electrons. The first-order valence-corrected chi connectivity index (χ1v) is 5.87. The lowest BCUT2D eigenvalue weighted by Crippen LogP contribution is -1.99. The molecule has 1 heteroatoms. The number of halogens is 1. The van der Waals surface area contributed by atoms with Gasteiger partial charge in [-0.2, -0.15) is 0 Å². The van der Waals surface area contributed by atoms with Gasteiger partial charge < -0.3 is 0 Å². The summed E-state index contributed by atoms with van der Waals surface area (Å²) in [7, 11) is 0. The van der Waals surface area contributed by atoms with Gasteiger partial charge in [-0.1, -0.05) is 68.8 Å². The zero-order valence-electron chi connectivity index (χ0n) is 8.88. The largest absolute Gasteiger partial charge is 0.0843 e. The third kappa shape index (κ3) is 5.29. The lowest BCUT2D eigenvalue weighted by molar-refractivity contribution is 0.385. The molecule has 14 heavy (non-hydrogen) atoms. The molecule has 1 aromatic carbocycles. The van der Waals surface area contributed by atoms with E-state index in [1.165, 1.54) is 32.1 Å². The zero-order chi connectivity index (χ0) is 10.2. The van der Waals surface area contributed by atoms with E-state index in [9.17, 15) is 0 Å². The number of rotatable bonds is 0. The number of hydrogen-bond donors (Lipinski definition) is 0. The van der Waals surface area contributed by atoms with Crippen LogP contribution in [-0.2, 0) is 0 Å². The Balaban J connectivity index is 0.000000140. The fraction of sp³-hybridized carbons (Fsp3) is 0.538. The van der Waals surface area contributed by atoms with Gasteiger partial charge in [-0.25, -0.2) is 0 Å². The molecule has 1 aliphatic carbocycles. The average molecular weight is 211 g/mol. The highest BCUT2D eigenvalue weighted by molar-refractivity contribution is 6.30. The molecule has 0 spiro atoms. The summed E-state index contributed by atoms with van der Waals surface area (Å²) in [5.41, 5.74) is 0. The first kappa shape index (κ1) is 11.6. The summed E-state index contributed by atoms with van der Waals surface area (Å²) < 4.78 is 0. The van der Waals surface area contributed by atoms with Gasteiger partial charge in [-0.15, -0.1) is 0 Å².